The minimum Gasteiger partial charge on any atom is -0.374 e. The molecule has 0 aliphatic carbocycles. The van der Waals surface area contributed by atoms with Crippen LogP contribution in [0.5, 0.6) is 0 Å². The van der Waals surface area contributed by atoms with Crippen molar-refractivity contribution in [2.24, 2.45) is 0 Å². The molecular weight excluding hydrogens is 292 g/mol. The van der Waals surface area contributed by atoms with E-state index in [1.54, 1.807) is 11.3 Å². The quantitative estimate of drug-likeness (QED) is 0.663. The number of hydrogen-bond acceptors (Lipinski definition) is 4. The molecule has 102 valence electrons. The van der Waals surface area contributed by atoms with Crippen molar-refractivity contribution in [3.8, 4) is 11.1 Å². The van der Waals surface area contributed by atoms with E-state index in [0.29, 0.717) is 24.2 Å². The first-order valence-electron chi connectivity index (χ1n) is 6.36. The Balaban J connectivity index is 2.09. The van der Waals surface area contributed by atoms with Crippen molar-refractivity contribution in [2.45, 2.75) is 13.5 Å². The van der Waals surface area contributed by atoms with Gasteiger partial charge in [0.15, 0.2) is 5.82 Å². The summed E-state index contributed by atoms with van der Waals surface area (Å²) in [6.07, 6.45) is 0. The minimum atomic E-state index is 0.394. The Morgan fingerprint density at radius 3 is 2.75 bits per heavy atom. The van der Waals surface area contributed by atoms with Crippen LogP contribution in [-0.4, -0.2) is 16.6 Å². The summed E-state index contributed by atoms with van der Waals surface area (Å²) < 4.78 is 5.34. The molecule has 0 saturated heterocycles. The summed E-state index contributed by atoms with van der Waals surface area (Å²) in [6, 6.07) is 10.1. The molecule has 0 fully saturated rings. The van der Waals surface area contributed by atoms with Gasteiger partial charge in [-0.2, -0.15) is 0 Å². The van der Waals surface area contributed by atoms with Crippen LogP contribution < -0.4 is 0 Å². The number of benzene rings is 1. The molecule has 3 aromatic rings. The second-order valence-corrected chi connectivity index (χ2v) is 5.48. The van der Waals surface area contributed by atoms with E-state index < -0.39 is 0 Å². The van der Waals surface area contributed by atoms with Gasteiger partial charge in [-0.3, -0.25) is 0 Å². The van der Waals surface area contributed by atoms with Gasteiger partial charge in [0.1, 0.15) is 16.6 Å². The molecule has 2 aromatic heterocycles. The fourth-order valence-corrected chi connectivity index (χ4v) is 3.34. The van der Waals surface area contributed by atoms with E-state index in [9.17, 15) is 0 Å². The first kappa shape index (κ1) is 13.5. The molecule has 1 aromatic carbocycles. The number of ether oxygens (including phenoxy) is 1. The standard InChI is InChI=1S/C15H13ClN2OS/c1-2-19-8-12-17-14(16)13-11(9-20-15(13)18-12)10-6-4-3-5-7-10/h3-7,9H,2,8H2,1H3. The summed E-state index contributed by atoms with van der Waals surface area (Å²) >= 11 is 7.92. The Kier molecular flexibility index (Phi) is 3.96. The first-order chi connectivity index (χ1) is 9.79. The van der Waals surface area contributed by atoms with Gasteiger partial charge in [-0.05, 0) is 12.5 Å². The molecule has 0 atom stereocenters. The topological polar surface area (TPSA) is 35.0 Å². The maximum Gasteiger partial charge on any atom is 0.157 e. The fourth-order valence-electron chi connectivity index (χ4n) is 2.03. The summed E-state index contributed by atoms with van der Waals surface area (Å²) in [5.41, 5.74) is 2.21. The molecule has 0 aliphatic rings. The normalized spacial score (nSPS) is 11.1. The maximum absolute atomic E-state index is 6.34. The highest BCUT2D eigenvalue weighted by Gasteiger charge is 2.13. The predicted molar refractivity (Wildman–Crippen MR) is 83.2 cm³/mol. The fraction of sp³-hybridized carbons (Fsp3) is 0.200. The van der Waals surface area contributed by atoms with Gasteiger partial charge in [-0.1, -0.05) is 41.9 Å². The Morgan fingerprint density at radius 1 is 1.20 bits per heavy atom. The average molecular weight is 305 g/mol. The molecule has 0 radical (unpaired) electrons. The lowest BCUT2D eigenvalue weighted by atomic mass is 10.1. The number of rotatable bonds is 4. The highest BCUT2D eigenvalue weighted by molar-refractivity contribution is 7.17. The SMILES string of the molecule is CCOCc1nc(Cl)c2c(-c3ccccc3)csc2n1. The zero-order valence-electron chi connectivity index (χ0n) is 11.0. The van der Waals surface area contributed by atoms with Gasteiger partial charge >= 0.3 is 0 Å². The van der Waals surface area contributed by atoms with Gasteiger partial charge in [-0.25, -0.2) is 9.97 Å². The minimum absolute atomic E-state index is 0.394. The van der Waals surface area contributed by atoms with Gasteiger partial charge in [0, 0.05) is 17.6 Å². The van der Waals surface area contributed by atoms with Crippen molar-refractivity contribution < 1.29 is 4.74 Å². The van der Waals surface area contributed by atoms with Crippen molar-refractivity contribution in [1.82, 2.24) is 9.97 Å². The van der Waals surface area contributed by atoms with Crippen LogP contribution in [0.3, 0.4) is 0 Å². The monoisotopic (exact) mass is 304 g/mol. The lowest BCUT2D eigenvalue weighted by Crippen LogP contribution is -1.99. The van der Waals surface area contributed by atoms with Crippen molar-refractivity contribution in [1.29, 1.82) is 0 Å². The summed E-state index contributed by atoms with van der Waals surface area (Å²) in [4.78, 5) is 9.75. The van der Waals surface area contributed by atoms with Crippen LogP contribution >= 0.6 is 22.9 Å². The first-order valence-corrected chi connectivity index (χ1v) is 7.62. The molecule has 0 spiro atoms. The van der Waals surface area contributed by atoms with Crippen molar-refractivity contribution >= 4 is 33.2 Å². The molecule has 3 rings (SSSR count). The molecule has 0 saturated carbocycles. The number of hydrogen-bond donors (Lipinski definition) is 0. The lowest BCUT2D eigenvalue weighted by Gasteiger charge is -2.04. The highest BCUT2D eigenvalue weighted by atomic mass is 35.5. The molecular formula is C15H13ClN2OS. The third kappa shape index (κ3) is 2.54. The maximum atomic E-state index is 6.34. The van der Waals surface area contributed by atoms with Crippen LogP contribution in [-0.2, 0) is 11.3 Å². The number of thiophene rings is 1. The van der Waals surface area contributed by atoms with E-state index in [1.807, 2.05) is 25.1 Å². The molecule has 0 aliphatic heterocycles. The van der Waals surface area contributed by atoms with Crippen LogP contribution in [0.1, 0.15) is 12.7 Å². The molecule has 3 nitrogen and oxygen atoms in total. The third-order valence-electron chi connectivity index (χ3n) is 2.96. The summed E-state index contributed by atoms with van der Waals surface area (Å²) in [5, 5.41) is 3.48. The van der Waals surface area contributed by atoms with E-state index in [1.165, 1.54) is 0 Å². The molecule has 20 heavy (non-hydrogen) atoms. The molecule has 5 heteroatoms. The summed E-state index contributed by atoms with van der Waals surface area (Å²) in [6.45, 7) is 2.97. The second-order valence-electron chi connectivity index (χ2n) is 4.26. The third-order valence-corrected chi connectivity index (χ3v) is 4.10. The van der Waals surface area contributed by atoms with Crippen molar-refractivity contribution in [3.63, 3.8) is 0 Å². The van der Waals surface area contributed by atoms with Crippen LogP contribution in [0.2, 0.25) is 5.15 Å². The highest BCUT2D eigenvalue weighted by Crippen LogP contribution is 2.36. The molecule has 0 unspecified atom stereocenters. The van der Waals surface area contributed by atoms with Crippen LogP contribution in [0.4, 0.5) is 0 Å². The number of nitrogens with zero attached hydrogens (tertiary/aromatic N) is 2. The summed E-state index contributed by atoms with van der Waals surface area (Å²) in [7, 11) is 0. The predicted octanol–water partition coefficient (Wildman–Crippen LogP) is 4.55. The molecule has 2 heterocycles. The smallest absolute Gasteiger partial charge is 0.157 e. The van der Waals surface area contributed by atoms with Gasteiger partial charge in [0.05, 0.1) is 5.39 Å². The number of fused-ring (bicyclic) bond motifs is 1. The zero-order chi connectivity index (χ0) is 13.9. The van der Waals surface area contributed by atoms with Crippen LogP contribution in [0.25, 0.3) is 21.3 Å². The van der Waals surface area contributed by atoms with Gasteiger partial charge in [-0.15, -0.1) is 11.3 Å². The number of halogens is 1. The summed E-state index contributed by atoms with van der Waals surface area (Å²) in [5.74, 6) is 0.630. The van der Waals surface area contributed by atoms with Crippen LogP contribution in [0.15, 0.2) is 35.7 Å². The second kappa shape index (κ2) is 5.87. The molecule has 0 bridgehead atoms. The Morgan fingerprint density at radius 2 is 2.00 bits per heavy atom. The van der Waals surface area contributed by atoms with Crippen molar-refractivity contribution in [2.75, 3.05) is 6.61 Å². The number of aromatic nitrogens is 2. The zero-order valence-corrected chi connectivity index (χ0v) is 12.5. The Labute approximate surface area is 126 Å². The van der Waals surface area contributed by atoms with E-state index in [4.69, 9.17) is 16.3 Å². The van der Waals surface area contributed by atoms with Crippen LogP contribution in [0, 0.1) is 0 Å². The van der Waals surface area contributed by atoms with E-state index in [2.05, 4.69) is 27.5 Å². The lowest BCUT2D eigenvalue weighted by molar-refractivity contribution is 0.128. The van der Waals surface area contributed by atoms with Crippen molar-refractivity contribution in [3.05, 3.63) is 46.7 Å². The Hall–Kier alpha value is -1.49. The largest absolute Gasteiger partial charge is 0.374 e. The van der Waals surface area contributed by atoms with Gasteiger partial charge < -0.3 is 4.74 Å². The Bertz CT molecular complexity index is 727. The molecule has 0 amide bonds. The van der Waals surface area contributed by atoms with E-state index in [0.717, 1.165) is 21.3 Å². The average Bonchev–Trinajstić information content (AvgIpc) is 2.90. The van der Waals surface area contributed by atoms with E-state index in [-0.39, 0.29) is 0 Å². The molecule has 0 N–H and O–H groups in total. The van der Waals surface area contributed by atoms with Gasteiger partial charge in [0.2, 0.25) is 0 Å². The van der Waals surface area contributed by atoms with Gasteiger partial charge in [0.25, 0.3) is 0 Å². The van der Waals surface area contributed by atoms with E-state index >= 15 is 0 Å².